The van der Waals surface area contributed by atoms with Gasteiger partial charge < -0.3 is 20.4 Å². The molecule has 134 valence electrons. The summed E-state index contributed by atoms with van der Waals surface area (Å²) in [5.41, 5.74) is 4.25. The molecule has 0 saturated carbocycles. The van der Waals surface area contributed by atoms with Crippen molar-refractivity contribution >= 4 is 28.3 Å². The number of para-hydroxylation sites is 1. The number of benzene rings is 3. The van der Waals surface area contributed by atoms with E-state index in [0.717, 1.165) is 27.8 Å². The Kier molecular flexibility index (Phi) is 4.49. The van der Waals surface area contributed by atoms with E-state index in [2.05, 4.69) is 15.6 Å². The summed E-state index contributed by atoms with van der Waals surface area (Å²) in [6.07, 6.45) is 0. The highest BCUT2D eigenvalue weighted by molar-refractivity contribution is 6.10. The number of nitrogens with one attached hydrogen (secondary N) is 3. The van der Waals surface area contributed by atoms with E-state index in [4.69, 9.17) is 4.74 Å². The normalized spacial score (nSPS) is 10.6. The van der Waals surface area contributed by atoms with Gasteiger partial charge >= 0.3 is 6.03 Å². The predicted octanol–water partition coefficient (Wildman–Crippen LogP) is 5.49. The zero-order valence-corrected chi connectivity index (χ0v) is 14.8. The lowest BCUT2D eigenvalue weighted by atomic mass is 10.1. The topological polar surface area (TPSA) is 66.2 Å². The standard InChI is InChI=1S/C22H19N3O2/c1-27-17-11-7-10-16(14-17)23-22(26)25-21-18-12-5-6-13-19(18)24-20(21)15-8-3-2-4-9-15/h2-14,24H,1H3,(H2,23,25,26). The van der Waals surface area contributed by atoms with Crippen LogP contribution in [-0.2, 0) is 0 Å². The molecule has 5 nitrogen and oxygen atoms in total. The molecule has 4 rings (SSSR count). The van der Waals surface area contributed by atoms with Gasteiger partial charge in [0.1, 0.15) is 5.75 Å². The van der Waals surface area contributed by atoms with Gasteiger partial charge in [0, 0.05) is 28.2 Å². The largest absolute Gasteiger partial charge is 0.497 e. The van der Waals surface area contributed by atoms with Crippen LogP contribution in [0.2, 0.25) is 0 Å². The molecule has 0 spiro atoms. The third kappa shape index (κ3) is 3.48. The molecule has 27 heavy (non-hydrogen) atoms. The van der Waals surface area contributed by atoms with Crippen molar-refractivity contribution in [1.29, 1.82) is 0 Å². The first-order valence-electron chi connectivity index (χ1n) is 8.63. The van der Waals surface area contributed by atoms with E-state index in [0.29, 0.717) is 11.4 Å². The zero-order chi connectivity index (χ0) is 18.6. The molecule has 0 bridgehead atoms. The van der Waals surface area contributed by atoms with Gasteiger partial charge in [0.15, 0.2) is 0 Å². The highest BCUT2D eigenvalue weighted by Crippen LogP contribution is 2.35. The van der Waals surface area contributed by atoms with E-state index < -0.39 is 0 Å². The van der Waals surface area contributed by atoms with Gasteiger partial charge in [0.25, 0.3) is 0 Å². The van der Waals surface area contributed by atoms with E-state index in [-0.39, 0.29) is 6.03 Å². The number of urea groups is 1. The van der Waals surface area contributed by atoms with E-state index in [9.17, 15) is 4.79 Å². The van der Waals surface area contributed by atoms with Crippen LogP contribution in [0.25, 0.3) is 22.2 Å². The number of aromatic amines is 1. The van der Waals surface area contributed by atoms with Gasteiger partial charge in [-0.3, -0.25) is 0 Å². The molecule has 3 N–H and O–H groups in total. The number of carbonyl (C=O) groups excluding carboxylic acids is 1. The summed E-state index contributed by atoms with van der Waals surface area (Å²) in [6, 6.07) is 24.8. The molecule has 0 fully saturated rings. The summed E-state index contributed by atoms with van der Waals surface area (Å²) < 4.78 is 5.20. The molecule has 0 saturated heterocycles. The molecule has 0 aliphatic rings. The van der Waals surface area contributed by atoms with Crippen LogP contribution >= 0.6 is 0 Å². The Morgan fingerprint density at radius 1 is 0.889 bits per heavy atom. The maximum Gasteiger partial charge on any atom is 0.323 e. The summed E-state index contributed by atoms with van der Waals surface area (Å²) in [4.78, 5) is 16.0. The zero-order valence-electron chi connectivity index (χ0n) is 14.8. The van der Waals surface area contributed by atoms with Crippen LogP contribution in [0.4, 0.5) is 16.2 Å². The molecule has 0 atom stereocenters. The number of fused-ring (bicyclic) bond motifs is 1. The van der Waals surface area contributed by atoms with E-state index in [1.807, 2.05) is 72.8 Å². The maximum atomic E-state index is 12.6. The lowest BCUT2D eigenvalue weighted by molar-refractivity contribution is 0.262. The molecular weight excluding hydrogens is 338 g/mol. The lowest BCUT2D eigenvalue weighted by Crippen LogP contribution is -2.19. The number of amides is 2. The minimum absolute atomic E-state index is 0.315. The number of carbonyl (C=O) groups is 1. The Balaban J connectivity index is 1.67. The average molecular weight is 357 g/mol. The number of hydrogen-bond donors (Lipinski definition) is 3. The number of ether oxygens (including phenoxy) is 1. The summed E-state index contributed by atoms with van der Waals surface area (Å²) in [7, 11) is 1.59. The van der Waals surface area contributed by atoms with Crippen molar-refractivity contribution < 1.29 is 9.53 Å². The molecule has 0 aliphatic carbocycles. The molecule has 1 heterocycles. The van der Waals surface area contributed by atoms with Gasteiger partial charge in [-0.2, -0.15) is 0 Å². The summed E-state index contributed by atoms with van der Waals surface area (Å²) in [6.45, 7) is 0. The predicted molar refractivity (Wildman–Crippen MR) is 109 cm³/mol. The smallest absolute Gasteiger partial charge is 0.323 e. The van der Waals surface area contributed by atoms with Crippen LogP contribution in [-0.4, -0.2) is 18.1 Å². The van der Waals surface area contributed by atoms with Crippen molar-refractivity contribution in [3.05, 3.63) is 78.9 Å². The van der Waals surface area contributed by atoms with Crippen molar-refractivity contribution in [3.8, 4) is 17.0 Å². The van der Waals surface area contributed by atoms with Crippen molar-refractivity contribution in [2.75, 3.05) is 17.7 Å². The van der Waals surface area contributed by atoms with Gasteiger partial charge in [-0.25, -0.2) is 4.79 Å². The molecule has 0 aliphatic heterocycles. The van der Waals surface area contributed by atoms with Crippen LogP contribution in [0.15, 0.2) is 78.9 Å². The number of H-pyrrole nitrogens is 1. The van der Waals surface area contributed by atoms with Crippen molar-refractivity contribution in [1.82, 2.24) is 4.98 Å². The van der Waals surface area contributed by atoms with Gasteiger partial charge in [-0.05, 0) is 18.2 Å². The maximum absolute atomic E-state index is 12.6. The summed E-state index contributed by atoms with van der Waals surface area (Å²) >= 11 is 0. The van der Waals surface area contributed by atoms with Crippen LogP contribution in [0.3, 0.4) is 0 Å². The van der Waals surface area contributed by atoms with Gasteiger partial charge in [0.05, 0.1) is 18.5 Å². The minimum Gasteiger partial charge on any atom is -0.497 e. The number of rotatable bonds is 4. The van der Waals surface area contributed by atoms with Crippen LogP contribution in [0.5, 0.6) is 5.75 Å². The SMILES string of the molecule is COc1cccc(NC(=O)Nc2c(-c3ccccc3)[nH]c3ccccc23)c1. The first kappa shape index (κ1) is 16.7. The highest BCUT2D eigenvalue weighted by Gasteiger charge is 2.15. The second-order valence-electron chi connectivity index (χ2n) is 6.10. The summed E-state index contributed by atoms with van der Waals surface area (Å²) in [5, 5.41) is 6.81. The summed E-state index contributed by atoms with van der Waals surface area (Å²) in [5.74, 6) is 0.685. The molecule has 2 amide bonds. The third-order valence-corrected chi connectivity index (χ3v) is 4.33. The van der Waals surface area contributed by atoms with E-state index in [1.54, 1.807) is 13.2 Å². The molecule has 0 unspecified atom stereocenters. The first-order valence-corrected chi connectivity index (χ1v) is 8.63. The molecule has 0 radical (unpaired) electrons. The van der Waals surface area contributed by atoms with Crippen molar-refractivity contribution in [2.24, 2.45) is 0 Å². The van der Waals surface area contributed by atoms with Crippen LogP contribution < -0.4 is 15.4 Å². The number of aromatic nitrogens is 1. The third-order valence-electron chi connectivity index (χ3n) is 4.33. The number of hydrogen-bond acceptors (Lipinski definition) is 2. The monoisotopic (exact) mass is 357 g/mol. The van der Waals surface area contributed by atoms with Crippen molar-refractivity contribution in [2.45, 2.75) is 0 Å². The van der Waals surface area contributed by atoms with Crippen LogP contribution in [0.1, 0.15) is 0 Å². The fourth-order valence-electron chi connectivity index (χ4n) is 3.07. The Morgan fingerprint density at radius 3 is 2.48 bits per heavy atom. The van der Waals surface area contributed by atoms with E-state index in [1.165, 1.54) is 0 Å². The number of anilines is 2. The second kappa shape index (κ2) is 7.25. The Bertz CT molecular complexity index is 1090. The Morgan fingerprint density at radius 2 is 1.67 bits per heavy atom. The minimum atomic E-state index is -0.315. The quantitative estimate of drug-likeness (QED) is 0.452. The number of methoxy groups -OCH3 is 1. The van der Waals surface area contributed by atoms with Gasteiger partial charge in [-0.1, -0.05) is 54.6 Å². The highest BCUT2D eigenvalue weighted by atomic mass is 16.5. The lowest BCUT2D eigenvalue weighted by Gasteiger charge is -2.10. The first-order chi connectivity index (χ1) is 13.2. The Hall–Kier alpha value is -3.73. The Labute approximate surface area is 157 Å². The second-order valence-corrected chi connectivity index (χ2v) is 6.10. The molecule has 3 aromatic carbocycles. The average Bonchev–Trinajstić information content (AvgIpc) is 3.07. The van der Waals surface area contributed by atoms with Crippen LogP contribution in [0, 0.1) is 0 Å². The fourth-order valence-corrected chi connectivity index (χ4v) is 3.07. The molecule has 4 aromatic rings. The van der Waals surface area contributed by atoms with Gasteiger partial charge in [0.2, 0.25) is 0 Å². The van der Waals surface area contributed by atoms with Gasteiger partial charge in [-0.15, -0.1) is 0 Å². The molecule has 1 aromatic heterocycles. The van der Waals surface area contributed by atoms with E-state index >= 15 is 0 Å². The molecule has 5 heteroatoms. The molecular formula is C22H19N3O2. The van der Waals surface area contributed by atoms with Crippen molar-refractivity contribution in [3.63, 3.8) is 0 Å². The fraction of sp³-hybridized carbons (Fsp3) is 0.0455.